The predicted molar refractivity (Wildman–Crippen MR) is 73.0 cm³/mol. The molecule has 0 radical (unpaired) electrons. The minimum Gasteiger partial charge on any atom is -0.322 e. The fraction of sp³-hybridized carbons (Fsp3) is 0.214. The Morgan fingerprint density at radius 1 is 1.35 bits per heavy atom. The van der Waals surface area contributed by atoms with E-state index in [1.165, 1.54) is 24.3 Å². The summed E-state index contributed by atoms with van der Waals surface area (Å²) in [5.41, 5.74) is 1.15. The molecular weight excluding hydrogens is 261 g/mol. The second-order valence-electron chi connectivity index (χ2n) is 4.44. The van der Waals surface area contributed by atoms with Gasteiger partial charge in [0.15, 0.2) is 0 Å². The van der Waals surface area contributed by atoms with Crippen LogP contribution in [0.1, 0.15) is 11.3 Å². The van der Waals surface area contributed by atoms with Crippen molar-refractivity contribution < 1.29 is 9.18 Å². The number of halogens is 1. The van der Waals surface area contributed by atoms with Gasteiger partial charge in [0.2, 0.25) is 5.91 Å². The van der Waals surface area contributed by atoms with Gasteiger partial charge in [0, 0.05) is 6.07 Å². The van der Waals surface area contributed by atoms with Crippen LogP contribution in [0.2, 0.25) is 0 Å². The molecule has 0 spiro atoms. The van der Waals surface area contributed by atoms with Crippen LogP contribution in [-0.4, -0.2) is 15.7 Å². The SMILES string of the molecule is Cc1cc(=O)n(CC(=O)Nc2ccccc2F)nc1C. The van der Waals surface area contributed by atoms with Gasteiger partial charge in [-0.05, 0) is 31.5 Å². The highest BCUT2D eigenvalue weighted by atomic mass is 19.1. The van der Waals surface area contributed by atoms with Crippen molar-refractivity contribution >= 4 is 11.6 Å². The van der Waals surface area contributed by atoms with Gasteiger partial charge in [0.25, 0.3) is 5.56 Å². The maximum atomic E-state index is 13.4. The van der Waals surface area contributed by atoms with E-state index >= 15 is 0 Å². The van der Waals surface area contributed by atoms with E-state index in [-0.39, 0.29) is 17.8 Å². The van der Waals surface area contributed by atoms with Crippen LogP contribution >= 0.6 is 0 Å². The highest BCUT2D eigenvalue weighted by Gasteiger charge is 2.09. The van der Waals surface area contributed by atoms with E-state index in [1.54, 1.807) is 19.9 Å². The lowest BCUT2D eigenvalue weighted by molar-refractivity contribution is -0.117. The largest absolute Gasteiger partial charge is 0.322 e. The number of nitrogens with one attached hydrogen (secondary N) is 1. The van der Waals surface area contributed by atoms with Gasteiger partial charge in [0.1, 0.15) is 12.4 Å². The maximum Gasteiger partial charge on any atom is 0.267 e. The summed E-state index contributed by atoms with van der Waals surface area (Å²) in [5.74, 6) is -1.03. The minimum atomic E-state index is -0.527. The number of aromatic nitrogens is 2. The second-order valence-corrected chi connectivity index (χ2v) is 4.44. The summed E-state index contributed by atoms with van der Waals surface area (Å²) in [6.45, 7) is 3.27. The Hall–Kier alpha value is -2.50. The molecule has 2 aromatic rings. The molecule has 0 saturated carbocycles. The molecule has 5 nitrogen and oxygen atoms in total. The van der Waals surface area contributed by atoms with Crippen LogP contribution in [0.25, 0.3) is 0 Å². The Kier molecular flexibility index (Phi) is 3.93. The summed E-state index contributed by atoms with van der Waals surface area (Å²) in [4.78, 5) is 23.5. The fourth-order valence-corrected chi connectivity index (χ4v) is 1.67. The van der Waals surface area contributed by atoms with E-state index in [0.717, 1.165) is 10.2 Å². The number of amides is 1. The molecule has 0 aliphatic heterocycles. The summed E-state index contributed by atoms with van der Waals surface area (Å²) < 4.78 is 14.4. The van der Waals surface area contributed by atoms with Crippen molar-refractivity contribution in [3.63, 3.8) is 0 Å². The maximum absolute atomic E-state index is 13.4. The molecule has 20 heavy (non-hydrogen) atoms. The number of hydrogen-bond acceptors (Lipinski definition) is 3. The monoisotopic (exact) mass is 275 g/mol. The Bertz CT molecular complexity index is 710. The Balaban J connectivity index is 2.15. The summed E-state index contributed by atoms with van der Waals surface area (Å²) >= 11 is 0. The number of carbonyl (C=O) groups is 1. The van der Waals surface area contributed by atoms with Crippen LogP contribution in [0.4, 0.5) is 10.1 Å². The first-order valence-corrected chi connectivity index (χ1v) is 6.07. The third-order valence-electron chi connectivity index (χ3n) is 2.88. The Morgan fingerprint density at radius 2 is 2.05 bits per heavy atom. The quantitative estimate of drug-likeness (QED) is 0.926. The van der Waals surface area contributed by atoms with E-state index in [1.807, 2.05) is 0 Å². The third kappa shape index (κ3) is 3.09. The summed E-state index contributed by atoms with van der Waals surface area (Å²) in [6, 6.07) is 7.25. The molecule has 1 amide bonds. The van der Waals surface area contributed by atoms with Crippen molar-refractivity contribution in [1.82, 2.24) is 9.78 Å². The molecule has 104 valence electrons. The standard InChI is InChI=1S/C14H14FN3O2/c1-9-7-14(20)18(17-10(9)2)8-13(19)16-12-6-4-3-5-11(12)15/h3-7H,8H2,1-2H3,(H,16,19). The van der Waals surface area contributed by atoms with E-state index in [9.17, 15) is 14.0 Å². The van der Waals surface area contributed by atoms with Crippen LogP contribution in [0, 0.1) is 19.7 Å². The predicted octanol–water partition coefficient (Wildman–Crippen LogP) is 1.64. The van der Waals surface area contributed by atoms with Gasteiger partial charge >= 0.3 is 0 Å². The average Bonchev–Trinajstić information content (AvgIpc) is 2.39. The summed E-state index contributed by atoms with van der Waals surface area (Å²) in [7, 11) is 0. The lowest BCUT2D eigenvalue weighted by atomic mass is 10.2. The first kappa shape index (κ1) is 13.9. The van der Waals surface area contributed by atoms with Gasteiger partial charge in [-0.15, -0.1) is 0 Å². The smallest absolute Gasteiger partial charge is 0.267 e. The molecule has 0 aliphatic carbocycles. The molecule has 0 unspecified atom stereocenters. The van der Waals surface area contributed by atoms with Crippen molar-refractivity contribution in [3.8, 4) is 0 Å². The van der Waals surface area contributed by atoms with Crippen LogP contribution < -0.4 is 10.9 Å². The molecule has 1 N–H and O–H groups in total. The molecule has 1 aromatic heterocycles. The zero-order chi connectivity index (χ0) is 14.7. The zero-order valence-corrected chi connectivity index (χ0v) is 11.2. The van der Waals surface area contributed by atoms with E-state index in [4.69, 9.17) is 0 Å². The lowest BCUT2D eigenvalue weighted by Gasteiger charge is -2.08. The van der Waals surface area contributed by atoms with Crippen LogP contribution in [0.5, 0.6) is 0 Å². The van der Waals surface area contributed by atoms with Gasteiger partial charge in [-0.2, -0.15) is 5.10 Å². The van der Waals surface area contributed by atoms with Crippen LogP contribution in [0.3, 0.4) is 0 Å². The number of hydrogen-bond donors (Lipinski definition) is 1. The van der Waals surface area contributed by atoms with Crippen molar-refractivity contribution in [2.75, 3.05) is 5.32 Å². The van der Waals surface area contributed by atoms with E-state index < -0.39 is 11.7 Å². The molecule has 0 fully saturated rings. The number of anilines is 1. The number of para-hydroxylation sites is 1. The van der Waals surface area contributed by atoms with Crippen LogP contribution in [-0.2, 0) is 11.3 Å². The minimum absolute atomic E-state index is 0.0781. The molecular formula is C14H14FN3O2. The second kappa shape index (κ2) is 5.64. The number of benzene rings is 1. The fourth-order valence-electron chi connectivity index (χ4n) is 1.67. The van der Waals surface area contributed by atoms with Gasteiger partial charge in [-0.3, -0.25) is 9.59 Å². The molecule has 1 heterocycles. The van der Waals surface area contributed by atoms with Crippen LogP contribution in [0.15, 0.2) is 35.1 Å². The Morgan fingerprint density at radius 3 is 2.75 bits per heavy atom. The van der Waals surface area contributed by atoms with Crippen molar-refractivity contribution in [3.05, 3.63) is 57.8 Å². The number of rotatable bonds is 3. The van der Waals surface area contributed by atoms with E-state index in [0.29, 0.717) is 5.69 Å². The highest BCUT2D eigenvalue weighted by molar-refractivity contribution is 5.90. The third-order valence-corrected chi connectivity index (χ3v) is 2.88. The van der Waals surface area contributed by atoms with Crippen molar-refractivity contribution in [1.29, 1.82) is 0 Å². The molecule has 6 heteroatoms. The molecule has 0 saturated heterocycles. The van der Waals surface area contributed by atoms with Gasteiger partial charge in [-0.1, -0.05) is 12.1 Å². The number of aryl methyl sites for hydroxylation is 2. The highest BCUT2D eigenvalue weighted by Crippen LogP contribution is 2.12. The summed E-state index contributed by atoms with van der Waals surface area (Å²) in [5, 5.41) is 6.43. The first-order valence-electron chi connectivity index (χ1n) is 6.07. The lowest BCUT2D eigenvalue weighted by Crippen LogP contribution is -2.30. The first-order chi connectivity index (χ1) is 9.47. The van der Waals surface area contributed by atoms with Gasteiger partial charge < -0.3 is 5.32 Å². The van der Waals surface area contributed by atoms with Gasteiger partial charge in [0.05, 0.1) is 11.4 Å². The molecule has 0 aliphatic rings. The zero-order valence-electron chi connectivity index (χ0n) is 11.2. The van der Waals surface area contributed by atoms with Crippen molar-refractivity contribution in [2.45, 2.75) is 20.4 Å². The molecule has 2 rings (SSSR count). The van der Waals surface area contributed by atoms with E-state index in [2.05, 4.69) is 10.4 Å². The normalized spacial score (nSPS) is 10.3. The van der Waals surface area contributed by atoms with Gasteiger partial charge in [-0.25, -0.2) is 9.07 Å². The number of carbonyl (C=O) groups excluding carboxylic acids is 1. The topological polar surface area (TPSA) is 64.0 Å². The summed E-state index contributed by atoms with van der Waals surface area (Å²) in [6.07, 6.45) is 0. The average molecular weight is 275 g/mol. The molecule has 1 aromatic carbocycles. The molecule has 0 bridgehead atoms. The number of nitrogens with zero attached hydrogens (tertiary/aromatic N) is 2. The Labute approximate surface area is 115 Å². The molecule has 0 atom stereocenters. The van der Waals surface area contributed by atoms with Crippen molar-refractivity contribution in [2.24, 2.45) is 0 Å².